The molecule has 0 atom stereocenters. The summed E-state index contributed by atoms with van der Waals surface area (Å²) in [5.41, 5.74) is -0.458. The molecule has 0 aromatic heterocycles. The van der Waals surface area contributed by atoms with Gasteiger partial charge in [0.2, 0.25) is 0 Å². The van der Waals surface area contributed by atoms with Gasteiger partial charge in [-0.2, -0.15) is 0 Å². The molecule has 0 saturated heterocycles. The Balaban J connectivity index is 2.23. The largest absolute Gasteiger partial charge is 0.444 e. The number of benzene rings is 1. The molecule has 100 valence electrons. The Morgan fingerprint density at radius 3 is 2.67 bits per heavy atom. The summed E-state index contributed by atoms with van der Waals surface area (Å²) in [4.78, 5) is 12.4. The van der Waals surface area contributed by atoms with Crippen molar-refractivity contribution in [2.45, 2.75) is 31.3 Å². The van der Waals surface area contributed by atoms with Crippen molar-refractivity contribution >= 4 is 29.5 Å². The second-order valence-electron chi connectivity index (χ2n) is 4.71. The molecule has 18 heavy (non-hydrogen) atoms. The van der Waals surface area contributed by atoms with Gasteiger partial charge in [-0.05, 0) is 32.9 Å². The number of carbonyl (C=O) groups excluding carboxylic acids is 1. The molecule has 0 aliphatic carbocycles. The van der Waals surface area contributed by atoms with Crippen molar-refractivity contribution in [2.24, 2.45) is 0 Å². The molecular formula is C13H18ClNO2S. The number of alkyl carbamates (subject to hydrolysis) is 1. The summed E-state index contributed by atoms with van der Waals surface area (Å²) in [7, 11) is 0. The van der Waals surface area contributed by atoms with Gasteiger partial charge in [0.25, 0.3) is 0 Å². The molecule has 0 fully saturated rings. The van der Waals surface area contributed by atoms with Gasteiger partial charge in [-0.25, -0.2) is 4.79 Å². The van der Waals surface area contributed by atoms with Crippen LogP contribution >= 0.6 is 23.4 Å². The maximum absolute atomic E-state index is 11.4. The van der Waals surface area contributed by atoms with E-state index < -0.39 is 5.60 Å². The fourth-order valence-electron chi connectivity index (χ4n) is 1.19. The molecule has 1 aromatic rings. The topological polar surface area (TPSA) is 38.3 Å². The Morgan fingerprint density at radius 2 is 2.06 bits per heavy atom. The third-order valence-corrected chi connectivity index (χ3v) is 3.38. The maximum Gasteiger partial charge on any atom is 0.407 e. The number of rotatable bonds is 4. The lowest BCUT2D eigenvalue weighted by Crippen LogP contribution is -2.33. The quantitative estimate of drug-likeness (QED) is 0.673. The van der Waals surface area contributed by atoms with Crippen LogP contribution in [0.4, 0.5) is 4.79 Å². The highest BCUT2D eigenvalue weighted by molar-refractivity contribution is 7.99. The van der Waals surface area contributed by atoms with E-state index in [-0.39, 0.29) is 6.09 Å². The fourth-order valence-corrected chi connectivity index (χ4v) is 2.29. The smallest absolute Gasteiger partial charge is 0.407 e. The normalized spacial score (nSPS) is 11.1. The molecule has 0 aliphatic rings. The number of ether oxygens (including phenoxy) is 1. The zero-order valence-corrected chi connectivity index (χ0v) is 12.4. The molecule has 0 unspecified atom stereocenters. The van der Waals surface area contributed by atoms with Crippen LogP contribution in [-0.4, -0.2) is 24.0 Å². The minimum Gasteiger partial charge on any atom is -0.444 e. The van der Waals surface area contributed by atoms with Gasteiger partial charge < -0.3 is 10.1 Å². The van der Waals surface area contributed by atoms with Crippen molar-refractivity contribution in [3.05, 3.63) is 29.3 Å². The summed E-state index contributed by atoms with van der Waals surface area (Å²) in [5.74, 6) is 0.753. The Kier molecular flexibility index (Phi) is 5.82. The standard InChI is InChI=1S/C13H18ClNO2S/c1-13(2,3)17-12(16)15-8-9-18-11-7-5-4-6-10(11)14/h4-7H,8-9H2,1-3H3,(H,15,16). The minimum absolute atomic E-state index is 0.387. The molecule has 0 aliphatic heterocycles. The van der Waals surface area contributed by atoms with E-state index in [0.717, 1.165) is 15.7 Å². The van der Waals surface area contributed by atoms with Crippen molar-refractivity contribution in [2.75, 3.05) is 12.3 Å². The number of carbonyl (C=O) groups is 1. The summed E-state index contributed by atoms with van der Waals surface area (Å²) >= 11 is 7.62. The Morgan fingerprint density at radius 1 is 1.39 bits per heavy atom. The van der Waals surface area contributed by atoms with Crippen molar-refractivity contribution in [1.82, 2.24) is 5.32 Å². The average molecular weight is 288 g/mol. The third-order valence-electron chi connectivity index (χ3n) is 1.86. The molecule has 1 aromatic carbocycles. The molecule has 1 rings (SSSR count). The van der Waals surface area contributed by atoms with E-state index in [1.165, 1.54) is 0 Å². The Labute approximate surface area is 117 Å². The predicted molar refractivity (Wildman–Crippen MR) is 76.4 cm³/mol. The second kappa shape index (κ2) is 6.90. The Hall–Kier alpha value is -0.870. The van der Waals surface area contributed by atoms with Crippen LogP contribution < -0.4 is 5.32 Å². The van der Waals surface area contributed by atoms with E-state index in [0.29, 0.717) is 6.54 Å². The third kappa shape index (κ3) is 6.17. The zero-order chi connectivity index (χ0) is 13.6. The lowest BCUT2D eigenvalue weighted by Gasteiger charge is -2.19. The second-order valence-corrected chi connectivity index (χ2v) is 6.25. The van der Waals surface area contributed by atoms with Gasteiger partial charge >= 0.3 is 6.09 Å². The highest BCUT2D eigenvalue weighted by atomic mass is 35.5. The first-order chi connectivity index (χ1) is 8.38. The van der Waals surface area contributed by atoms with E-state index >= 15 is 0 Å². The van der Waals surface area contributed by atoms with Gasteiger partial charge in [-0.1, -0.05) is 23.7 Å². The van der Waals surface area contributed by atoms with Crippen LogP contribution in [-0.2, 0) is 4.74 Å². The molecule has 0 bridgehead atoms. The van der Waals surface area contributed by atoms with Gasteiger partial charge in [0.05, 0.1) is 5.02 Å². The highest BCUT2D eigenvalue weighted by Crippen LogP contribution is 2.25. The highest BCUT2D eigenvalue weighted by Gasteiger charge is 2.15. The van der Waals surface area contributed by atoms with Gasteiger partial charge in [-0.15, -0.1) is 11.8 Å². The molecule has 0 heterocycles. The number of nitrogens with one attached hydrogen (secondary N) is 1. The maximum atomic E-state index is 11.4. The van der Waals surface area contributed by atoms with Gasteiger partial charge in [0.15, 0.2) is 0 Å². The van der Waals surface area contributed by atoms with Crippen LogP contribution in [0.3, 0.4) is 0 Å². The number of thioether (sulfide) groups is 1. The molecule has 1 amide bonds. The summed E-state index contributed by atoms with van der Waals surface area (Å²) in [5, 5.41) is 3.44. The zero-order valence-electron chi connectivity index (χ0n) is 10.8. The number of hydrogen-bond donors (Lipinski definition) is 1. The van der Waals surface area contributed by atoms with Crippen LogP contribution in [0.1, 0.15) is 20.8 Å². The first-order valence-electron chi connectivity index (χ1n) is 5.73. The SMILES string of the molecule is CC(C)(C)OC(=O)NCCSc1ccccc1Cl. The molecule has 3 nitrogen and oxygen atoms in total. The van der Waals surface area contributed by atoms with Crippen molar-refractivity contribution < 1.29 is 9.53 Å². The van der Waals surface area contributed by atoms with Crippen LogP contribution in [0.15, 0.2) is 29.2 Å². The first kappa shape index (κ1) is 15.2. The van der Waals surface area contributed by atoms with Crippen LogP contribution in [0.25, 0.3) is 0 Å². The first-order valence-corrected chi connectivity index (χ1v) is 7.09. The lowest BCUT2D eigenvalue weighted by molar-refractivity contribution is 0.0531. The summed E-state index contributed by atoms with van der Waals surface area (Å²) in [6, 6.07) is 7.65. The molecule has 5 heteroatoms. The average Bonchev–Trinajstić information content (AvgIpc) is 2.24. The van der Waals surface area contributed by atoms with Gasteiger partial charge in [-0.3, -0.25) is 0 Å². The summed E-state index contributed by atoms with van der Waals surface area (Å²) < 4.78 is 5.13. The lowest BCUT2D eigenvalue weighted by atomic mass is 10.2. The van der Waals surface area contributed by atoms with Crippen LogP contribution in [0.2, 0.25) is 5.02 Å². The van der Waals surface area contributed by atoms with Gasteiger partial charge in [0.1, 0.15) is 5.60 Å². The van der Waals surface area contributed by atoms with E-state index in [1.54, 1.807) is 11.8 Å². The summed E-state index contributed by atoms with van der Waals surface area (Å²) in [6.45, 7) is 6.06. The van der Waals surface area contributed by atoms with Crippen LogP contribution in [0, 0.1) is 0 Å². The van der Waals surface area contributed by atoms with E-state index in [2.05, 4.69) is 5.32 Å². The van der Waals surface area contributed by atoms with Crippen molar-refractivity contribution in [3.8, 4) is 0 Å². The number of amides is 1. The number of halogens is 1. The van der Waals surface area contributed by atoms with Crippen molar-refractivity contribution in [1.29, 1.82) is 0 Å². The molecule has 1 N–H and O–H groups in total. The number of hydrogen-bond acceptors (Lipinski definition) is 3. The Bertz CT molecular complexity index is 404. The van der Waals surface area contributed by atoms with Gasteiger partial charge in [0, 0.05) is 17.2 Å². The molecular weight excluding hydrogens is 270 g/mol. The minimum atomic E-state index is -0.458. The molecule has 0 saturated carbocycles. The van der Waals surface area contributed by atoms with E-state index in [1.807, 2.05) is 45.0 Å². The fraction of sp³-hybridized carbons (Fsp3) is 0.462. The van der Waals surface area contributed by atoms with Crippen molar-refractivity contribution in [3.63, 3.8) is 0 Å². The predicted octanol–water partition coefficient (Wildman–Crippen LogP) is 3.96. The van der Waals surface area contributed by atoms with E-state index in [4.69, 9.17) is 16.3 Å². The molecule has 0 radical (unpaired) electrons. The summed E-state index contributed by atoms with van der Waals surface area (Å²) in [6.07, 6.45) is -0.387. The van der Waals surface area contributed by atoms with E-state index in [9.17, 15) is 4.79 Å². The molecule has 0 spiro atoms. The monoisotopic (exact) mass is 287 g/mol. The van der Waals surface area contributed by atoms with Crippen LogP contribution in [0.5, 0.6) is 0 Å².